The quantitative estimate of drug-likeness (QED) is 0.586. The van der Waals surface area contributed by atoms with Crippen molar-refractivity contribution in [3.8, 4) is 0 Å². The molecule has 22 heavy (non-hydrogen) atoms. The van der Waals surface area contributed by atoms with Gasteiger partial charge < -0.3 is 5.32 Å². The molecule has 5 nitrogen and oxygen atoms in total. The van der Waals surface area contributed by atoms with E-state index in [1.54, 1.807) is 24.3 Å². The summed E-state index contributed by atoms with van der Waals surface area (Å²) in [5.74, 6) is 4.47. The van der Waals surface area contributed by atoms with Crippen molar-refractivity contribution in [3.63, 3.8) is 0 Å². The molecule has 116 valence electrons. The van der Waals surface area contributed by atoms with Crippen LogP contribution >= 0.6 is 0 Å². The SMILES string of the molecule is CC(Cc1ccc(N(N)O)cc1)C(=O)Nc1ccc(F)cc1. The molecule has 0 aliphatic carbocycles. The van der Waals surface area contributed by atoms with Gasteiger partial charge >= 0.3 is 0 Å². The molecule has 0 saturated carbocycles. The predicted octanol–water partition coefficient (Wildman–Crippen LogP) is 2.71. The van der Waals surface area contributed by atoms with Crippen molar-refractivity contribution < 1.29 is 14.4 Å². The van der Waals surface area contributed by atoms with Gasteiger partial charge in [0, 0.05) is 11.6 Å². The molecule has 2 rings (SSSR count). The summed E-state index contributed by atoms with van der Waals surface area (Å²) in [7, 11) is 0. The van der Waals surface area contributed by atoms with E-state index < -0.39 is 0 Å². The number of anilines is 2. The second-order valence-electron chi connectivity index (χ2n) is 5.11. The summed E-state index contributed by atoms with van der Waals surface area (Å²) in [6, 6.07) is 12.6. The Bertz CT molecular complexity index is 627. The Kier molecular flexibility index (Phi) is 5.08. The summed E-state index contributed by atoms with van der Waals surface area (Å²) >= 11 is 0. The first-order valence-corrected chi connectivity index (χ1v) is 6.85. The summed E-state index contributed by atoms with van der Waals surface area (Å²) in [5.41, 5.74) is 1.98. The van der Waals surface area contributed by atoms with Crippen LogP contribution < -0.4 is 16.3 Å². The molecule has 1 amide bonds. The second kappa shape index (κ2) is 7.02. The van der Waals surface area contributed by atoms with Gasteiger partial charge in [-0.2, -0.15) is 5.17 Å². The van der Waals surface area contributed by atoms with Gasteiger partial charge in [0.05, 0.1) is 5.69 Å². The lowest BCUT2D eigenvalue weighted by atomic mass is 10.00. The van der Waals surface area contributed by atoms with Gasteiger partial charge in [-0.25, -0.2) is 10.2 Å². The van der Waals surface area contributed by atoms with Crippen molar-refractivity contribution in [2.24, 2.45) is 11.8 Å². The van der Waals surface area contributed by atoms with Crippen LogP contribution in [0.5, 0.6) is 0 Å². The summed E-state index contributed by atoms with van der Waals surface area (Å²) in [6.07, 6.45) is 0.545. The van der Waals surface area contributed by atoms with Gasteiger partial charge in [-0.3, -0.25) is 10.0 Å². The number of hydrazine groups is 1. The molecule has 2 aromatic rings. The molecule has 0 fully saturated rings. The fourth-order valence-electron chi connectivity index (χ4n) is 2.03. The zero-order valence-electron chi connectivity index (χ0n) is 12.2. The van der Waals surface area contributed by atoms with E-state index in [1.807, 2.05) is 6.92 Å². The monoisotopic (exact) mass is 303 g/mol. The Labute approximate surface area is 128 Å². The van der Waals surface area contributed by atoms with E-state index in [1.165, 1.54) is 24.3 Å². The van der Waals surface area contributed by atoms with Crippen LogP contribution in [0.3, 0.4) is 0 Å². The molecule has 0 spiro atoms. The average molecular weight is 303 g/mol. The van der Waals surface area contributed by atoms with E-state index in [2.05, 4.69) is 5.32 Å². The van der Waals surface area contributed by atoms with Crippen molar-refractivity contribution in [2.75, 3.05) is 10.5 Å². The number of nitrogens with one attached hydrogen (secondary N) is 1. The Morgan fingerprint density at radius 2 is 1.82 bits per heavy atom. The first kappa shape index (κ1) is 15.9. The zero-order valence-corrected chi connectivity index (χ0v) is 12.2. The molecular formula is C16H18FN3O2. The number of rotatable bonds is 5. The number of carbonyl (C=O) groups excluding carboxylic acids is 1. The van der Waals surface area contributed by atoms with Crippen LogP contribution in [0.2, 0.25) is 0 Å². The van der Waals surface area contributed by atoms with Crippen LogP contribution in [0, 0.1) is 11.7 Å². The minimum Gasteiger partial charge on any atom is -0.326 e. The summed E-state index contributed by atoms with van der Waals surface area (Å²) in [5, 5.41) is 12.4. The number of hydrogen-bond donors (Lipinski definition) is 3. The number of nitrogens with two attached hydrogens (primary N) is 1. The second-order valence-corrected chi connectivity index (χ2v) is 5.11. The number of benzene rings is 2. The molecule has 4 N–H and O–H groups in total. The molecule has 1 unspecified atom stereocenters. The minimum atomic E-state index is -0.344. The average Bonchev–Trinajstić information content (AvgIpc) is 2.50. The number of amides is 1. The molecule has 0 aromatic heterocycles. The van der Waals surface area contributed by atoms with Gasteiger partial charge in [-0.15, -0.1) is 0 Å². The predicted molar refractivity (Wildman–Crippen MR) is 82.8 cm³/mol. The molecule has 0 aliphatic rings. The lowest BCUT2D eigenvalue weighted by Gasteiger charge is -2.14. The highest BCUT2D eigenvalue weighted by atomic mass is 19.1. The molecule has 2 aromatic carbocycles. The van der Waals surface area contributed by atoms with E-state index in [-0.39, 0.29) is 17.6 Å². The highest BCUT2D eigenvalue weighted by Crippen LogP contribution is 2.16. The smallest absolute Gasteiger partial charge is 0.227 e. The first-order chi connectivity index (χ1) is 10.5. The molecular weight excluding hydrogens is 285 g/mol. The molecule has 0 saturated heterocycles. The summed E-state index contributed by atoms with van der Waals surface area (Å²) in [6.45, 7) is 1.81. The van der Waals surface area contributed by atoms with Crippen molar-refractivity contribution >= 4 is 17.3 Å². The van der Waals surface area contributed by atoms with Crippen molar-refractivity contribution in [1.29, 1.82) is 0 Å². The van der Waals surface area contributed by atoms with Gasteiger partial charge in [0.2, 0.25) is 5.91 Å². The van der Waals surface area contributed by atoms with E-state index in [9.17, 15) is 9.18 Å². The van der Waals surface area contributed by atoms with Gasteiger partial charge in [-0.1, -0.05) is 19.1 Å². The first-order valence-electron chi connectivity index (χ1n) is 6.85. The lowest BCUT2D eigenvalue weighted by molar-refractivity contribution is -0.119. The third kappa shape index (κ3) is 4.28. The van der Waals surface area contributed by atoms with Crippen molar-refractivity contribution in [2.45, 2.75) is 13.3 Å². The van der Waals surface area contributed by atoms with Gasteiger partial charge in [0.25, 0.3) is 0 Å². The number of nitrogens with zero attached hydrogens (tertiary/aromatic N) is 1. The van der Waals surface area contributed by atoms with Crippen LogP contribution in [0.25, 0.3) is 0 Å². The van der Waals surface area contributed by atoms with E-state index in [0.717, 1.165) is 5.56 Å². The molecule has 6 heteroatoms. The van der Waals surface area contributed by atoms with E-state index in [0.29, 0.717) is 23.0 Å². The standard InChI is InChI=1S/C16H18FN3O2/c1-11(10-12-2-8-15(9-3-12)20(18)22)16(21)19-14-6-4-13(17)5-7-14/h2-9,11,22H,10,18H2,1H3,(H,19,21). The zero-order chi connectivity index (χ0) is 16.1. The molecule has 1 atom stereocenters. The number of hydrogen-bond acceptors (Lipinski definition) is 4. The highest BCUT2D eigenvalue weighted by Gasteiger charge is 2.14. The fourth-order valence-corrected chi connectivity index (χ4v) is 2.03. The normalized spacial score (nSPS) is 11.8. The largest absolute Gasteiger partial charge is 0.326 e. The lowest BCUT2D eigenvalue weighted by Crippen LogP contribution is -2.25. The molecule has 0 bridgehead atoms. The number of carbonyl (C=O) groups is 1. The topological polar surface area (TPSA) is 78.6 Å². The van der Waals surface area contributed by atoms with Crippen LogP contribution in [-0.2, 0) is 11.2 Å². The van der Waals surface area contributed by atoms with Crippen LogP contribution in [-0.4, -0.2) is 11.1 Å². The number of halogens is 1. The molecule has 0 radical (unpaired) electrons. The van der Waals surface area contributed by atoms with Crippen LogP contribution in [0.1, 0.15) is 12.5 Å². The molecule has 0 aliphatic heterocycles. The third-order valence-corrected chi connectivity index (χ3v) is 3.30. The minimum absolute atomic E-state index is 0.140. The van der Waals surface area contributed by atoms with Gasteiger partial charge in [0.1, 0.15) is 5.82 Å². The van der Waals surface area contributed by atoms with Crippen LogP contribution in [0.4, 0.5) is 15.8 Å². The summed E-state index contributed by atoms with van der Waals surface area (Å²) in [4.78, 5) is 12.1. The van der Waals surface area contributed by atoms with Gasteiger partial charge in [0.15, 0.2) is 0 Å². The molecule has 0 heterocycles. The Morgan fingerprint density at radius 3 is 2.36 bits per heavy atom. The van der Waals surface area contributed by atoms with Crippen LogP contribution in [0.15, 0.2) is 48.5 Å². The fraction of sp³-hybridized carbons (Fsp3) is 0.188. The maximum absolute atomic E-state index is 12.8. The van der Waals surface area contributed by atoms with Crippen molar-refractivity contribution in [3.05, 3.63) is 59.9 Å². The maximum atomic E-state index is 12.8. The Hall–Kier alpha value is -2.44. The Balaban J connectivity index is 1.94. The van der Waals surface area contributed by atoms with Gasteiger partial charge in [-0.05, 0) is 48.4 Å². The maximum Gasteiger partial charge on any atom is 0.227 e. The third-order valence-electron chi connectivity index (χ3n) is 3.30. The van der Waals surface area contributed by atoms with E-state index in [4.69, 9.17) is 11.0 Å². The van der Waals surface area contributed by atoms with Crippen molar-refractivity contribution in [1.82, 2.24) is 0 Å². The highest BCUT2D eigenvalue weighted by molar-refractivity contribution is 5.92. The summed E-state index contributed by atoms with van der Waals surface area (Å²) < 4.78 is 12.8. The van der Waals surface area contributed by atoms with E-state index >= 15 is 0 Å². The Morgan fingerprint density at radius 1 is 1.23 bits per heavy atom.